The van der Waals surface area contributed by atoms with E-state index < -0.39 is 0 Å². The minimum Gasteiger partial charge on any atom is -0.399 e. The number of nitrogens with one attached hydrogen (secondary N) is 1. The van der Waals surface area contributed by atoms with Crippen molar-refractivity contribution in [3.8, 4) is 0 Å². The van der Waals surface area contributed by atoms with Crippen molar-refractivity contribution >= 4 is 28.6 Å². The lowest BCUT2D eigenvalue weighted by Gasteiger charge is -2.04. The standard InChI is InChI=1S/C14H14N2OS/c15-10-4-2-5-11(8-10)16-14(17)13-7-9-3-1-6-12(9)18-13/h2,4-5,7-8H,1,3,6,15H2,(H,16,17). The highest BCUT2D eigenvalue weighted by atomic mass is 32.1. The molecule has 0 saturated heterocycles. The molecule has 0 fully saturated rings. The summed E-state index contributed by atoms with van der Waals surface area (Å²) in [6.45, 7) is 0. The number of aryl methyl sites for hydroxylation is 2. The molecule has 1 aromatic carbocycles. The minimum absolute atomic E-state index is 0.0417. The van der Waals surface area contributed by atoms with Crippen molar-refractivity contribution in [2.75, 3.05) is 11.1 Å². The number of hydrogen-bond donors (Lipinski definition) is 2. The third kappa shape index (κ3) is 2.11. The molecule has 4 heteroatoms. The maximum Gasteiger partial charge on any atom is 0.265 e. The number of anilines is 2. The van der Waals surface area contributed by atoms with Crippen LogP contribution < -0.4 is 11.1 Å². The van der Waals surface area contributed by atoms with E-state index in [1.165, 1.54) is 16.9 Å². The van der Waals surface area contributed by atoms with Gasteiger partial charge in [-0.2, -0.15) is 0 Å². The normalized spacial score (nSPS) is 13.3. The average Bonchev–Trinajstić information content (AvgIpc) is 2.88. The van der Waals surface area contributed by atoms with Crippen LogP contribution in [0.25, 0.3) is 0 Å². The van der Waals surface area contributed by atoms with Crippen molar-refractivity contribution in [3.05, 3.63) is 45.6 Å². The summed E-state index contributed by atoms with van der Waals surface area (Å²) in [5.74, 6) is -0.0417. The molecule has 0 unspecified atom stereocenters. The van der Waals surface area contributed by atoms with Crippen molar-refractivity contribution < 1.29 is 4.79 Å². The minimum atomic E-state index is -0.0417. The van der Waals surface area contributed by atoms with Gasteiger partial charge < -0.3 is 11.1 Å². The van der Waals surface area contributed by atoms with Gasteiger partial charge in [0.05, 0.1) is 4.88 Å². The van der Waals surface area contributed by atoms with E-state index in [4.69, 9.17) is 5.73 Å². The van der Waals surface area contributed by atoms with Crippen LogP contribution in [-0.2, 0) is 12.8 Å². The van der Waals surface area contributed by atoms with Crippen LogP contribution in [0.4, 0.5) is 11.4 Å². The van der Waals surface area contributed by atoms with Crippen molar-refractivity contribution in [3.63, 3.8) is 0 Å². The molecule has 92 valence electrons. The molecule has 1 heterocycles. The summed E-state index contributed by atoms with van der Waals surface area (Å²) in [7, 11) is 0. The zero-order valence-electron chi connectivity index (χ0n) is 9.90. The van der Waals surface area contributed by atoms with Gasteiger partial charge in [-0.3, -0.25) is 4.79 Å². The molecule has 18 heavy (non-hydrogen) atoms. The fraction of sp³-hybridized carbons (Fsp3) is 0.214. The summed E-state index contributed by atoms with van der Waals surface area (Å²) in [6.07, 6.45) is 3.45. The van der Waals surface area contributed by atoms with Gasteiger partial charge in [-0.05, 0) is 49.1 Å². The van der Waals surface area contributed by atoms with Gasteiger partial charge in [-0.15, -0.1) is 11.3 Å². The quantitative estimate of drug-likeness (QED) is 0.813. The van der Waals surface area contributed by atoms with E-state index in [1.807, 2.05) is 18.2 Å². The second-order valence-electron chi connectivity index (χ2n) is 4.49. The Morgan fingerprint density at radius 3 is 2.94 bits per heavy atom. The number of nitrogen functional groups attached to an aromatic ring is 1. The fourth-order valence-electron chi connectivity index (χ4n) is 2.25. The van der Waals surface area contributed by atoms with Crippen molar-refractivity contribution in [2.24, 2.45) is 0 Å². The lowest BCUT2D eigenvalue weighted by atomic mass is 10.2. The molecule has 1 aliphatic rings. The first-order chi connectivity index (χ1) is 8.72. The highest BCUT2D eigenvalue weighted by Crippen LogP contribution is 2.31. The molecule has 3 rings (SSSR count). The van der Waals surface area contributed by atoms with Gasteiger partial charge >= 0.3 is 0 Å². The Balaban J connectivity index is 1.78. The van der Waals surface area contributed by atoms with Gasteiger partial charge in [-0.25, -0.2) is 0 Å². The van der Waals surface area contributed by atoms with E-state index in [9.17, 15) is 4.79 Å². The molecule has 1 aliphatic carbocycles. The summed E-state index contributed by atoms with van der Waals surface area (Å²) < 4.78 is 0. The van der Waals surface area contributed by atoms with Gasteiger partial charge in [0.25, 0.3) is 5.91 Å². The predicted octanol–water partition coefficient (Wildman–Crippen LogP) is 3.07. The molecule has 0 aliphatic heterocycles. The largest absolute Gasteiger partial charge is 0.399 e. The number of amides is 1. The Bertz CT molecular complexity index is 582. The van der Waals surface area contributed by atoms with Crippen LogP contribution in [0.2, 0.25) is 0 Å². The molecule has 1 aromatic heterocycles. The zero-order valence-corrected chi connectivity index (χ0v) is 10.7. The summed E-state index contributed by atoms with van der Waals surface area (Å²) >= 11 is 1.61. The van der Waals surface area contributed by atoms with Crippen LogP contribution in [-0.4, -0.2) is 5.91 Å². The Kier molecular flexibility index (Phi) is 2.80. The van der Waals surface area contributed by atoms with E-state index in [0.29, 0.717) is 5.69 Å². The second-order valence-corrected chi connectivity index (χ2v) is 5.63. The third-order valence-corrected chi connectivity index (χ3v) is 4.35. The van der Waals surface area contributed by atoms with Crippen LogP contribution in [0.5, 0.6) is 0 Å². The smallest absolute Gasteiger partial charge is 0.265 e. The first-order valence-electron chi connectivity index (χ1n) is 6.01. The molecule has 0 radical (unpaired) electrons. The predicted molar refractivity (Wildman–Crippen MR) is 75.2 cm³/mol. The molecular formula is C14H14N2OS. The average molecular weight is 258 g/mol. The first kappa shape index (κ1) is 11.3. The number of hydrogen-bond acceptors (Lipinski definition) is 3. The number of carbonyl (C=O) groups excluding carboxylic acids is 1. The number of thiophene rings is 1. The summed E-state index contributed by atoms with van der Waals surface area (Å²) in [5.41, 5.74) is 8.43. The highest BCUT2D eigenvalue weighted by molar-refractivity contribution is 7.14. The third-order valence-electron chi connectivity index (χ3n) is 3.11. The van der Waals surface area contributed by atoms with Crippen molar-refractivity contribution in [1.82, 2.24) is 0 Å². The number of nitrogens with two attached hydrogens (primary N) is 1. The Morgan fingerprint density at radius 2 is 2.17 bits per heavy atom. The fourth-order valence-corrected chi connectivity index (χ4v) is 3.40. The summed E-state index contributed by atoms with van der Waals surface area (Å²) in [4.78, 5) is 14.3. The van der Waals surface area contributed by atoms with Gasteiger partial charge in [0.15, 0.2) is 0 Å². The van der Waals surface area contributed by atoms with E-state index in [-0.39, 0.29) is 5.91 Å². The van der Waals surface area contributed by atoms with Crippen LogP contribution in [0.3, 0.4) is 0 Å². The molecule has 2 aromatic rings. The van der Waals surface area contributed by atoms with Gasteiger partial charge in [0, 0.05) is 16.3 Å². The van der Waals surface area contributed by atoms with Crippen LogP contribution >= 0.6 is 11.3 Å². The maximum absolute atomic E-state index is 12.1. The van der Waals surface area contributed by atoms with Crippen LogP contribution in [0.1, 0.15) is 26.5 Å². The van der Waals surface area contributed by atoms with Gasteiger partial charge in [0.2, 0.25) is 0 Å². The second kappa shape index (κ2) is 4.46. The lowest BCUT2D eigenvalue weighted by molar-refractivity contribution is 0.103. The topological polar surface area (TPSA) is 55.1 Å². The Labute approximate surface area is 110 Å². The monoisotopic (exact) mass is 258 g/mol. The van der Waals surface area contributed by atoms with Gasteiger partial charge in [0.1, 0.15) is 0 Å². The lowest BCUT2D eigenvalue weighted by Crippen LogP contribution is -2.10. The molecule has 0 spiro atoms. The van der Waals surface area contributed by atoms with E-state index in [2.05, 4.69) is 5.32 Å². The molecule has 0 atom stereocenters. The first-order valence-corrected chi connectivity index (χ1v) is 6.82. The molecule has 0 saturated carbocycles. The number of carbonyl (C=O) groups is 1. The Hall–Kier alpha value is -1.81. The zero-order chi connectivity index (χ0) is 12.5. The number of fused-ring (bicyclic) bond motifs is 1. The molecule has 0 bridgehead atoms. The maximum atomic E-state index is 12.1. The van der Waals surface area contributed by atoms with Crippen LogP contribution in [0, 0.1) is 0 Å². The molecular weight excluding hydrogens is 244 g/mol. The Morgan fingerprint density at radius 1 is 1.28 bits per heavy atom. The summed E-state index contributed by atoms with van der Waals surface area (Å²) in [5, 5.41) is 2.88. The SMILES string of the molecule is Nc1cccc(NC(=O)c2cc3c(s2)CCC3)c1. The van der Waals surface area contributed by atoms with E-state index in [0.717, 1.165) is 23.4 Å². The molecule has 3 nitrogen and oxygen atoms in total. The summed E-state index contributed by atoms with van der Waals surface area (Å²) in [6, 6.07) is 9.26. The van der Waals surface area contributed by atoms with Crippen molar-refractivity contribution in [1.29, 1.82) is 0 Å². The highest BCUT2D eigenvalue weighted by Gasteiger charge is 2.18. The molecule has 1 amide bonds. The number of rotatable bonds is 2. The van der Waals surface area contributed by atoms with Gasteiger partial charge in [-0.1, -0.05) is 6.07 Å². The van der Waals surface area contributed by atoms with E-state index >= 15 is 0 Å². The van der Waals surface area contributed by atoms with Crippen molar-refractivity contribution in [2.45, 2.75) is 19.3 Å². The molecule has 3 N–H and O–H groups in total. The van der Waals surface area contributed by atoms with E-state index in [1.54, 1.807) is 23.5 Å². The van der Waals surface area contributed by atoms with Crippen LogP contribution in [0.15, 0.2) is 30.3 Å². The number of benzene rings is 1.